The summed E-state index contributed by atoms with van der Waals surface area (Å²) in [4.78, 5) is 15.3. The van der Waals surface area contributed by atoms with Gasteiger partial charge >= 0.3 is 0 Å². The van der Waals surface area contributed by atoms with Gasteiger partial charge in [-0.1, -0.05) is 36.4 Å². The lowest BCUT2D eigenvalue weighted by molar-refractivity contribution is -0.116. The lowest BCUT2D eigenvalue weighted by Gasteiger charge is -2.01. The summed E-state index contributed by atoms with van der Waals surface area (Å²) in [6.07, 6.45) is 9.74. The molecule has 0 aliphatic heterocycles. The molecule has 0 atom stereocenters. The SMILES string of the molecule is O=C(/C=C/c1cnn(-c2ccccc2)c1)NCCc1c[nH]c2ccccc12. The molecule has 4 aromatic rings. The van der Waals surface area contributed by atoms with E-state index in [4.69, 9.17) is 0 Å². The molecule has 0 saturated heterocycles. The van der Waals surface area contributed by atoms with Gasteiger partial charge in [0.05, 0.1) is 11.9 Å². The second-order valence-electron chi connectivity index (χ2n) is 6.29. The summed E-state index contributed by atoms with van der Waals surface area (Å²) in [5.41, 5.74) is 4.19. The van der Waals surface area contributed by atoms with E-state index < -0.39 is 0 Å². The number of aromatic amines is 1. The summed E-state index contributed by atoms with van der Waals surface area (Å²) < 4.78 is 1.79. The smallest absolute Gasteiger partial charge is 0.244 e. The highest BCUT2D eigenvalue weighted by Gasteiger charge is 2.03. The van der Waals surface area contributed by atoms with Crippen molar-refractivity contribution in [2.24, 2.45) is 0 Å². The van der Waals surface area contributed by atoms with E-state index in [2.05, 4.69) is 27.5 Å². The molecule has 0 radical (unpaired) electrons. The largest absolute Gasteiger partial charge is 0.361 e. The molecule has 0 bridgehead atoms. The van der Waals surface area contributed by atoms with Crippen LogP contribution in [0, 0.1) is 0 Å². The van der Waals surface area contributed by atoms with Gasteiger partial charge in [-0.15, -0.1) is 0 Å². The summed E-state index contributed by atoms with van der Waals surface area (Å²) >= 11 is 0. The van der Waals surface area contributed by atoms with E-state index in [0.717, 1.165) is 23.2 Å². The van der Waals surface area contributed by atoms with Gasteiger partial charge in [0.15, 0.2) is 0 Å². The van der Waals surface area contributed by atoms with Gasteiger partial charge in [-0.3, -0.25) is 4.79 Å². The lowest BCUT2D eigenvalue weighted by Crippen LogP contribution is -2.23. The average molecular weight is 356 g/mol. The second-order valence-corrected chi connectivity index (χ2v) is 6.29. The summed E-state index contributed by atoms with van der Waals surface area (Å²) in [5, 5.41) is 8.45. The fourth-order valence-electron chi connectivity index (χ4n) is 3.03. The minimum Gasteiger partial charge on any atom is -0.361 e. The van der Waals surface area contributed by atoms with Gasteiger partial charge in [-0.05, 0) is 36.3 Å². The molecule has 2 aromatic carbocycles. The average Bonchev–Trinajstić information content (AvgIpc) is 3.35. The molecule has 0 aliphatic carbocycles. The van der Waals surface area contributed by atoms with Crippen molar-refractivity contribution in [3.05, 3.63) is 90.4 Å². The quantitative estimate of drug-likeness (QED) is 0.517. The van der Waals surface area contributed by atoms with E-state index in [9.17, 15) is 4.79 Å². The van der Waals surface area contributed by atoms with Crippen molar-refractivity contribution in [2.75, 3.05) is 6.54 Å². The van der Waals surface area contributed by atoms with Gasteiger partial charge in [0.1, 0.15) is 0 Å². The Balaban J connectivity index is 1.31. The first-order valence-electron chi connectivity index (χ1n) is 8.90. The van der Waals surface area contributed by atoms with Crippen LogP contribution in [0.4, 0.5) is 0 Å². The summed E-state index contributed by atoms with van der Waals surface area (Å²) in [6, 6.07) is 18.0. The molecule has 134 valence electrons. The third kappa shape index (κ3) is 3.98. The molecule has 2 aromatic heterocycles. The first-order valence-corrected chi connectivity index (χ1v) is 8.90. The normalized spacial score (nSPS) is 11.3. The van der Waals surface area contributed by atoms with Gasteiger partial charge < -0.3 is 10.3 Å². The van der Waals surface area contributed by atoms with Gasteiger partial charge in [0.25, 0.3) is 0 Å². The fourth-order valence-corrected chi connectivity index (χ4v) is 3.03. The number of para-hydroxylation sites is 2. The zero-order valence-corrected chi connectivity index (χ0v) is 14.8. The Bertz CT molecular complexity index is 1080. The number of carbonyl (C=O) groups excluding carboxylic acids is 1. The molecule has 2 heterocycles. The van der Waals surface area contributed by atoms with E-state index in [0.29, 0.717) is 6.54 Å². The molecule has 1 amide bonds. The van der Waals surface area contributed by atoms with Gasteiger partial charge in [-0.2, -0.15) is 5.10 Å². The van der Waals surface area contributed by atoms with Crippen molar-refractivity contribution < 1.29 is 4.79 Å². The van der Waals surface area contributed by atoms with Crippen LogP contribution in [0.15, 0.2) is 79.3 Å². The van der Waals surface area contributed by atoms with E-state index in [1.807, 2.05) is 54.9 Å². The highest BCUT2D eigenvalue weighted by Crippen LogP contribution is 2.17. The topological polar surface area (TPSA) is 62.7 Å². The number of hydrogen-bond acceptors (Lipinski definition) is 2. The van der Waals surface area contributed by atoms with Crippen LogP contribution in [-0.4, -0.2) is 27.2 Å². The van der Waals surface area contributed by atoms with Gasteiger partial charge in [0, 0.05) is 41.5 Å². The Labute approximate surface area is 157 Å². The van der Waals surface area contributed by atoms with Crippen LogP contribution in [-0.2, 0) is 11.2 Å². The van der Waals surface area contributed by atoms with Crippen molar-refractivity contribution >= 4 is 22.9 Å². The maximum Gasteiger partial charge on any atom is 0.244 e. The van der Waals surface area contributed by atoms with E-state index in [1.165, 1.54) is 10.9 Å². The zero-order valence-electron chi connectivity index (χ0n) is 14.8. The maximum absolute atomic E-state index is 12.1. The molecule has 0 saturated carbocycles. The van der Waals surface area contributed by atoms with Crippen molar-refractivity contribution in [3.63, 3.8) is 0 Å². The van der Waals surface area contributed by atoms with Crippen LogP contribution in [0.25, 0.3) is 22.7 Å². The van der Waals surface area contributed by atoms with Crippen LogP contribution < -0.4 is 5.32 Å². The summed E-state index contributed by atoms with van der Waals surface area (Å²) in [7, 11) is 0. The van der Waals surface area contributed by atoms with Crippen LogP contribution in [0.1, 0.15) is 11.1 Å². The van der Waals surface area contributed by atoms with Crippen LogP contribution in [0.2, 0.25) is 0 Å². The third-order valence-corrected chi connectivity index (χ3v) is 4.42. The van der Waals surface area contributed by atoms with E-state index in [1.54, 1.807) is 23.0 Å². The highest BCUT2D eigenvalue weighted by atomic mass is 16.1. The monoisotopic (exact) mass is 356 g/mol. The number of benzene rings is 2. The minimum atomic E-state index is -0.109. The molecular weight excluding hydrogens is 336 g/mol. The highest BCUT2D eigenvalue weighted by molar-refractivity contribution is 5.91. The summed E-state index contributed by atoms with van der Waals surface area (Å²) in [6.45, 7) is 0.592. The molecule has 0 fully saturated rings. The number of fused-ring (bicyclic) bond motifs is 1. The Kier molecular flexibility index (Phi) is 4.83. The molecular formula is C22H20N4O. The Morgan fingerprint density at radius 1 is 1.11 bits per heavy atom. The van der Waals surface area contributed by atoms with Gasteiger partial charge in [0.2, 0.25) is 5.91 Å². The van der Waals surface area contributed by atoms with Crippen molar-refractivity contribution in [2.45, 2.75) is 6.42 Å². The van der Waals surface area contributed by atoms with Crippen LogP contribution >= 0.6 is 0 Å². The predicted octanol–water partition coefficient (Wildman–Crippen LogP) is 3.73. The molecule has 2 N–H and O–H groups in total. The lowest BCUT2D eigenvalue weighted by atomic mass is 10.1. The first kappa shape index (κ1) is 16.8. The first-order chi connectivity index (χ1) is 13.3. The molecule has 5 heteroatoms. The molecule has 4 rings (SSSR count). The van der Waals surface area contributed by atoms with E-state index in [-0.39, 0.29) is 5.91 Å². The molecule has 27 heavy (non-hydrogen) atoms. The van der Waals surface area contributed by atoms with Crippen molar-refractivity contribution in [3.8, 4) is 5.69 Å². The summed E-state index contributed by atoms with van der Waals surface area (Å²) in [5.74, 6) is -0.109. The Morgan fingerprint density at radius 2 is 1.93 bits per heavy atom. The zero-order chi connectivity index (χ0) is 18.5. The standard InChI is InChI=1S/C22H20N4O/c27-22(23-13-12-18-15-24-21-9-5-4-8-20(18)21)11-10-17-14-25-26(16-17)19-6-2-1-3-7-19/h1-11,14-16,24H,12-13H2,(H,23,27)/b11-10+. The van der Waals surface area contributed by atoms with Crippen molar-refractivity contribution in [1.82, 2.24) is 20.1 Å². The van der Waals surface area contributed by atoms with Gasteiger partial charge in [-0.25, -0.2) is 4.68 Å². The number of H-pyrrole nitrogens is 1. The second kappa shape index (κ2) is 7.74. The Hall–Kier alpha value is -3.60. The van der Waals surface area contributed by atoms with Crippen LogP contribution in [0.5, 0.6) is 0 Å². The predicted molar refractivity (Wildman–Crippen MR) is 108 cm³/mol. The number of aromatic nitrogens is 3. The minimum absolute atomic E-state index is 0.109. The third-order valence-electron chi connectivity index (χ3n) is 4.42. The van der Waals surface area contributed by atoms with E-state index >= 15 is 0 Å². The molecule has 0 spiro atoms. The number of hydrogen-bond donors (Lipinski definition) is 2. The molecule has 0 unspecified atom stereocenters. The number of rotatable bonds is 6. The number of nitrogens with one attached hydrogen (secondary N) is 2. The molecule has 5 nitrogen and oxygen atoms in total. The number of nitrogens with zero attached hydrogens (tertiary/aromatic N) is 2. The fraction of sp³-hybridized carbons (Fsp3) is 0.0909. The maximum atomic E-state index is 12.1. The number of amides is 1. The van der Waals surface area contributed by atoms with Crippen LogP contribution in [0.3, 0.4) is 0 Å². The number of carbonyl (C=O) groups is 1. The molecule has 0 aliphatic rings. The Morgan fingerprint density at radius 3 is 2.81 bits per heavy atom. The van der Waals surface area contributed by atoms with Crippen molar-refractivity contribution in [1.29, 1.82) is 0 Å².